The molecule has 0 bridgehead atoms. The summed E-state index contributed by atoms with van der Waals surface area (Å²) >= 11 is 1.50. The average molecular weight is 396 g/mol. The van der Waals surface area contributed by atoms with Crippen LogP contribution in [0.3, 0.4) is 0 Å². The van der Waals surface area contributed by atoms with E-state index in [1.165, 1.54) is 22.6 Å². The van der Waals surface area contributed by atoms with Gasteiger partial charge in [0, 0.05) is 24.0 Å². The second-order valence-corrected chi connectivity index (χ2v) is 8.61. The molecule has 0 saturated carbocycles. The van der Waals surface area contributed by atoms with Gasteiger partial charge in [-0.25, -0.2) is 8.42 Å². The van der Waals surface area contributed by atoms with Gasteiger partial charge in [0.2, 0.25) is 21.8 Å². The first-order chi connectivity index (χ1) is 12.3. The zero-order valence-corrected chi connectivity index (χ0v) is 16.2. The number of hydrogen-bond acceptors (Lipinski definition) is 5. The number of nitrogens with zero attached hydrogens (tertiary/aromatic N) is 1. The van der Waals surface area contributed by atoms with Crippen molar-refractivity contribution in [1.82, 2.24) is 5.32 Å². The summed E-state index contributed by atoms with van der Waals surface area (Å²) in [7, 11) is -3.50. The van der Waals surface area contributed by atoms with E-state index in [1.54, 1.807) is 24.3 Å². The van der Waals surface area contributed by atoms with E-state index in [1.807, 2.05) is 17.5 Å². The quantitative estimate of drug-likeness (QED) is 0.713. The van der Waals surface area contributed by atoms with Crippen LogP contribution >= 0.6 is 11.3 Å². The van der Waals surface area contributed by atoms with Crippen LogP contribution in [-0.4, -0.2) is 39.6 Å². The van der Waals surface area contributed by atoms with Gasteiger partial charge in [-0.15, -0.1) is 11.3 Å². The Hall–Kier alpha value is -2.39. The minimum absolute atomic E-state index is 0.120. The summed E-state index contributed by atoms with van der Waals surface area (Å²) in [5, 5.41) is 7.26. The van der Waals surface area contributed by atoms with Gasteiger partial charge in [0.15, 0.2) is 0 Å². The number of benzene rings is 1. The first kappa shape index (κ1) is 19.9. The van der Waals surface area contributed by atoms with Crippen molar-refractivity contribution in [2.24, 2.45) is 0 Å². The molecule has 0 fully saturated rings. The molecule has 0 aliphatic heterocycles. The molecule has 9 heteroatoms. The van der Waals surface area contributed by atoms with Crippen LogP contribution in [-0.2, 0) is 26.0 Å². The van der Waals surface area contributed by atoms with E-state index in [4.69, 9.17) is 0 Å². The van der Waals surface area contributed by atoms with Crippen LogP contribution in [0.25, 0.3) is 0 Å². The van der Waals surface area contributed by atoms with Gasteiger partial charge in [-0.1, -0.05) is 6.07 Å². The number of carbonyl (C=O) groups excluding carboxylic acids is 2. The molecule has 0 aliphatic carbocycles. The summed E-state index contributed by atoms with van der Waals surface area (Å²) in [5.41, 5.74) is 1.05. The average Bonchev–Trinajstić information content (AvgIpc) is 3.04. The summed E-state index contributed by atoms with van der Waals surface area (Å²) in [6, 6.07) is 10.2. The smallest absolute Gasteiger partial charge is 0.232 e. The van der Waals surface area contributed by atoms with E-state index < -0.39 is 10.0 Å². The van der Waals surface area contributed by atoms with Gasteiger partial charge in [-0.3, -0.25) is 13.9 Å². The number of amides is 2. The Labute approximate surface area is 157 Å². The topological polar surface area (TPSA) is 95.6 Å². The summed E-state index contributed by atoms with van der Waals surface area (Å²) in [5.74, 6) is -0.354. The molecule has 0 aliphatic rings. The van der Waals surface area contributed by atoms with Gasteiger partial charge < -0.3 is 10.6 Å². The zero-order chi connectivity index (χ0) is 19.2. The summed E-state index contributed by atoms with van der Waals surface area (Å²) < 4.78 is 25.4. The number of anilines is 2. The molecule has 0 saturated heterocycles. The highest BCUT2D eigenvalue weighted by atomic mass is 32.2. The lowest BCUT2D eigenvalue weighted by Gasteiger charge is -2.22. The van der Waals surface area contributed by atoms with Gasteiger partial charge in [-0.05, 0) is 35.7 Å². The Morgan fingerprint density at radius 3 is 2.38 bits per heavy atom. The van der Waals surface area contributed by atoms with E-state index in [9.17, 15) is 18.0 Å². The van der Waals surface area contributed by atoms with Crippen molar-refractivity contribution in [3.8, 4) is 0 Å². The van der Waals surface area contributed by atoms with Crippen LogP contribution in [0.1, 0.15) is 11.8 Å². The van der Waals surface area contributed by atoms with Crippen molar-refractivity contribution >= 4 is 44.5 Å². The largest absolute Gasteiger partial charge is 0.354 e. The molecule has 1 heterocycles. The summed E-state index contributed by atoms with van der Waals surface area (Å²) in [6.07, 6.45) is 1.39. The number of hydrogen-bond donors (Lipinski definition) is 2. The lowest BCUT2D eigenvalue weighted by Crippen LogP contribution is -2.38. The van der Waals surface area contributed by atoms with Crippen molar-refractivity contribution in [1.29, 1.82) is 0 Å². The molecule has 2 rings (SSSR count). The lowest BCUT2D eigenvalue weighted by atomic mass is 10.2. The fourth-order valence-corrected chi connectivity index (χ4v) is 3.96. The van der Waals surface area contributed by atoms with Crippen LogP contribution < -0.4 is 14.9 Å². The van der Waals surface area contributed by atoms with Gasteiger partial charge in [0.25, 0.3) is 0 Å². The molecule has 1 aromatic heterocycles. The fraction of sp³-hybridized carbons (Fsp3) is 0.294. The van der Waals surface area contributed by atoms with E-state index >= 15 is 0 Å². The Kier molecular flexibility index (Phi) is 6.76. The molecule has 7 nitrogen and oxygen atoms in total. The maximum Gasteiger partial charge on any atom is 0.232 e. The number of sulfonamides is 1. The lowest BCUT2D eigenvalue weighted by molar-refractivity contribution is -0.120. The van der Waals surface area contributed by atoms with Gasteiger partial charge >= 0.3 is 0 Å². The highest BCUT2D eigenvalue weighted by Crippen LogP contribution is 2.20. The standard InChI is InChI=1S/C17H21N3O4S2/c1-13(21)19-14-5-7-15(8-6-14)20(26(2,23)24)10-9-18-17(22)12-16-4-3-11-25-16/h3-8,11H,9-10,12H2,1-2H3,(H,18,22)(H,19,21). The second-order valence-electron chi connectivity index (χ2n) is 5.67. The fourth-order valence-electron chi connectivity index (χ4n) is 2.33. The van der Waals surface area contributed by atoms with Crippen molar-refractivity contribution in [2.75, 3.05) is 29.0 Å². The predicted octanol–water partition coefficient (Wildman–Crippen LogP) is 1.83. The van der Waals surface area contributed by atoms with Crippen molar-refractivity contribution in [2.45, 2.75) is 13.3 Å². The summed E-state index contributed by atoms with van der Waals surface area (Å²) in [4.78, 5) is 23.9. The zero-order valence-electron chi connectivity index (χ0n) is 14.6. The Balaban J connectivity index is 1.97. The normalized spacial score (nSPS) is 11.0. The predicted molar refractivity (Wildman–Crippen MR) is 104 cm³/mol. The van der Waals surface area contributed by atoms with Crippen LogP contribution in [0.15, 0.2) is 41.8 Å². The van der Waals surface area contributed by atoms with Gasteiger partial charge in [-0.2, -0.15) is 0 Å². The van der Waals surface area contributed by atoms with Gasteiger partial charge in [0.05, 0.1) is 24.9 Å². The van der Waals surface area contributed by atoms with Crippen molar-refractivity contribution < 1.29 is 18.0 Å². The Morgan fingerprint density at radius 1 is 1.15 bits per heavy atom. The van der Waals surface area contributed by atoms with E-state index in [0.29, 0.717) is 11.4 Å². The molecule has 2 N–H and O–H groups in total. The van der Waals surface area contributed by atoms with Crippen LogP contribution in [0.5, 0.6) is 0 Å². The second kappa shape index (κ2) is 8.81. The maximum absolute atomic E-state index is 12.1. The molecule has 0 radical (unpaired) electrons. The molecule has 26 heavy (non-hydrogen) atoms. The minimum Gasteiger partial charge on any atom is -0.354 e. The number of thiophene rings is 1. The summed E-state index contributed by atoms with van der Waals surface area (Å²) in [6.45, 7) is 1.72. The number of rotatable bonds is 8. The van der Waals surface area contributed by atoms with E-state index in [0.717, 1.165) is 11.1 Å². The SMILES string of the molecule is CC(=O)Nc1ccc(N(CCNC(=O)Cc2cccs2)S(C)(=O)=O)cc1. The third kappa shape index (κ3) is 6.16. The first-order valence-electron chi connectivity index (χ1n) is 7.90. The van der Waals surface area contributed by atoms with Crippen LogP contribution in [0.2, 0.25) is 0 Å². The molecule has 1 aromatic carbocycles. The Morgan fingerprint density at radius 2 is 1.85 bits per heavy atom. The van der Waals surface area contributed by atoms with Crippen molar-refractivity contribution in [3.05, 3.63) is 46.7 Å². The molecular formula is C17H21N3O4S2. The number of carbonyl (C=O) groups is 2. The first-order valence-corrected chi connectivity index (χ1v) is 10.6. The minimum atomic E-state index is -3.50. The molecule has 2 amide bonds. The number of nitrogens with one attached hydrogen (secondary N) is 2. The molecule has 140 valence electrons. The molecule has 0 spiro atoms. The maximum atomic E-state index is 12.1. The highest BCUT2D eigenvalue weighted by Gasteiger charge is 2.17. The van der Waals surface area contributed by atoms with Crippen LogP contribution in [0.4, 0.5) is 11.4 Å². The Bertz CT molecular complexity index is 847. The van der Waals surface area contributed by atoms with Crippen molar-refractivity contribution in [3.63, 3.8) is 0 Å². The van der Waals surface area contributed by atoms with E-state index in [2.05, 4.69) is 10.6 Å². The highest BCUT2D eigenvalue weighted by molar-refractivity contribution is 7.92. The monoisotopic (exact) mass is 395 g/mol. The third-order valence-electron chi connectivity index (χ3n) is 3.43. The van der Waals surface area contributed by atoms with Crippen LogP contribution in [0, 0.1) is 0 Å². The molecular weight excluding hydrogens is 374 g/mol. The molecule has 2 aromatic rings. The molecule has 0 unspecified atom stereocenters. The molecule has 0 atom stereocenters. The van der Waals surface area contributed by atoms with E-state index in [-0.39, 0.29) is 31.3 Å². The third-order valence-corrected chi connectivity index (χ3v) is 5.50. The van der Waals surface area contributed by atoms with Gasteiger partial charge in [0.1, 0.15) is 0 Å².